The first-order valence-electron chi connectivity index (χ1n) is 6.68. The Morgan fingerprint density at radius 2 is 1.89 bits per heavy atom. The number of carboxylic acids is 1. The minimum atomic E-state index is -0.906. The molecule has 98 valence electrons. The molecule has 1 aliphatic carbocycles. The van der Waals surface area contributed by atoms with E-state index >= 15 is 0 Å². The maximum atomic E-state index is 11.8. The minimum absolute atomic E-state index is 0.169. The van der Waals surface area contributed by atoms with Crippen molar-refractivity contribution < 1.29 is 9.90 Å². The highest BCUT2D eigenvalue weighted by Gasteiger charge is 2.41. The second-order valence-corrected chi connectivity index (χ2v) is 5.31. The van der Waals surface area contributed by atoms with Crippen LogP contribution in [0.3, 0.4) is 0 Å². The molecule has 0 bridgehead atoms. The van der Waals surface area contributed by atoms with Gasteiger partial charge in [-0.2, -0.15) is 0 Å². The van der Waals surface area contributed by atoms with E-state index in [2.05, 4.69) is 0 Å². The van der Waals surface area contributed by atoms with Crippen molar-refractivity contribution in [2.24, 2.45) is 11.7 Å². The summed E-state index contributed by atoms with van der Waals surface area (Å²) in [6, 6.07) is 9.45. The van der Waals surface area contributed by atoms with Gasteiger partial charge in [0.05, 0.1) is 0 Å². The first-order valence-corrected chi connectivity index (χ1v) is 6.68. The molecule has 1 unspecified atom stereocenters. The third kappa shape index (κ3) is 2.41. The number of aliphatic carboxylic acids is 1. The van der Waals surface area contributed by atoms with Crippen LogP contribution in [0, 0.1) is 5.92 Å². The first kappa shape index (κ1) is 13.1. The predicted molar refractivity (Wildman–Crippen MR) is 71.4 cm³/mol. The van der Waals surface area contributed by atoms with Crippen molar-refractivity contribution in [3.8, 4) is 0 Å². The fourth-order valence-electron chi connectivity index (χ4n) is 3.08. The molecule has 0 spiro atoms. The molecule has 0 radical (unpaired) electrons. The Morgan fingerprint density at radius 1 is 1.28 bits per heavy atom. The maximum absolute atomic E-state index is 11.8. The van der Waals surface area contributed by atoms with Gasteiger partial charge in [-0.25, -0.2) is 0 Å². The Balaban J connectivity index is 2.30. The van der Waals surface area contributed by atoms with Crippen molar-refractivity contribution in [3.05, 3.63) is 35.9 Å². The largest absolute Gasteiger partial charge is 0.481 e. The van der Waals surface area contributed by atoms with E-state index in [-0.39, 0.29) is 6.54 Å². The van der Waals surface area contributed by atoms with Gasteiger partial charge in [-0.05, 0) is 17.9 Å². The van der Waals surface area contributed by atoms with E-state index in [0.717, 1.165) is 18.4 Å². The highest BCUT2D eigenvalue weighted by molar-refractivity contribution is 5.81. The quantitative estimate of drug-likeness (QED) is 0.840. The summed E-state index contributed by atoms with van der Waals surface area (Å²) in [6.07, 6.45) is 5.39. The lowest BCUT2D eigenvalue weighted by atomic mass is 9.73. The van der Waals surface area contributed by atoms with Crippen LogP contribution in [0.1, 0.15) is 37.7 Å². The molecular formula is C15H21NO2. The van der Waals surface area contributed by atoms with E-state index in [4.69, 9.17) is 5.73 Å². The topological polar surface area (TPSA) is 63.3 Å². The number of nitrogens with two attached hydrogens (primary N) is 1. The van der Waals surface area contributed by atoms with Crippen LogP contribution in [0.5, 0.6) is 0 Å². The summed E-state index contributed by atoms with van der Waals surface area (Å²) in [5, 5.41) is 9.66. The maximum Gasteiger partial charge on any atom is 0.315 e. The molecule has 0 saturated heterocycles. The molecule has 1 fully saturated rings. The van der Waals surface area contributed by atoms with Gasteiger partial charge in [-0.15, -0.1) is 0 Å². The standard InChI is InChI=1S/C15H21NO2/c16-11-15(14(17)18,10-12-6-4-5-7-12)13-8-2-1-3-9-13/h1-3,8-9,12H,4-7,10-11,16H2,(H,17,18). The molecule has 1 saturated carbocycles. The van der Waals surface area contributed by atoms with Gasteiger partial charge in [0, 0.05) is 6.54 Å². The average Bonchev–Trinajstić information content (AvgIpc) is 2.89. The molecule has 3 heteroatoms. The zero-order chi connectivity index (χ0) is 13.0. The minimum Gasteiger partial charge on any atom is -0.481 e. The lowest BCUT2D eigenvalue weighted by Crippen LogP contribution is -2.44. The summed E-state index contributed by atoms with van der Waals surface area (Å²) in [4.78, 5) is 11.8. The summed E-state index contributed by atoms with van der Waals surface area (Å²) in [6.45, 7) is 0.169. The van der Waals surface area contributed by atoms with E-state index < -0.39 is 11.4 Å². The van der Waals surface area contributed by atoms with E-state index in [1.807, 2.05) is 30.3 Å². The molecule has 1 aliphatic rings. The van der Waals surface area contributed by atoms with Crippen LogP contribution in [-0.2, 0) is 10.2 Å². The smallest absolute Gasteiger partial charge is 0.315 e. The van der Waals surface area contributed by atoms with Gasteiger partial charge in [-0.1, -0.05) is 56.0 Å². The molecule has 0 aliphatic heterocycles. The molecule has 1 aromatic carbocycles. The number of hydrogen-bond donors (Lipinski definition) is 2. The Morgan fingerprint density at radius 3 is 2.39 bits per heavy atom. The van der Waals surface area contributed by atoms with Crippen LogP contribution < -0.4 is 5.73 Å². The van der Waals surface area contributed by atoms with E-state index in [0.29, 0.717) is 12.3 Å². The van der Waals surface area contributed by atoms with Crippen molar-refractivity contribution in [2.45, 2.75) is 37.5 Å². The molecule has 0 amide bonds. The third-order valence-electron chi connectivity index (χ3n) is 4.20. The molecule has 18 heavy (non-hydrogen) atoms. The van der Waals surface area contributed by atoms with Gasteiger partial charge >= 0.3 is 5.97 Å². The first-order chi connectivity index (χ1) is 8.69. The Labute approximate surface area is 108 Å². The van der Waals surface area contributed by atoms with Gasteiger partial charge in [0.2, 0.25) is 0 Å². The molecule has 1 atom stereocenters. The molecule has 0 heterocycles. The second kappa shape index (κ2) is 5.53. The van der Waals surface area contributed by atoms with Gasteiger partial charge in [0.25, 0.3) is 0 Å². The van der Waals surface area contributed by atoms with Gasteiger partial charge in [0.15, 0.2) is 0 Å². The van der Waals surface area contributed by atoms with Crippen LogP contribution in [-0.4, -0.2) is 17.6 Å². The Hall–Kier alpha value is -1.35. The van der Waals surface area contributed by atoms with Crippen molar-refractivity contribution >= 4 is 5.97 Å². The monoisotopic (exact) mass is 247 g/mol. The molecule has 0 aromatic heterocycles. The van der Waals surface area contributed by atoms with Gasteiger partial charge in [0.1, 0.15) is 5.41 Å². The van der Waals surface area contributed by atoms with Crippen LogP contribution in [0.15, 0.2) is 30.3 Å². The predicted octanol–water partition coefficient (Wildman–Crippen LogP) is 2.55. The van der Waals surface area contributed by atoms with Crippen LogP contribution in [0.2, 0.25) is 0 Å². The normalized spacial score (nSPS) is 19.6. The highest BCUT2D eigenvalue weighted by atomic mass is 16.4. The summed E-state index contributed by atoms with van der Waals surface area (Å²) in [5.74, 6) is -0.284. The third-order valence-corrected chi connectivity index (χ3v) is 4.20. The van der Waals surface area contributed by atoms with Crippen molar-refractivity contribution in [1.82, 2.24) is 0 Å². The number of benzene rings is 1. The Bertz CT molecular complexity index is 398. The van der Waals surface area contributed by atoms with Crippen LogP contribution in [0.25, 0.3) is 0 Å². The number of hydrogen-bond acceptors (Lipinski definition) is 2. The molecule has 3 nitrogen and oxygen atoms in total. The number of rotatable bonds is 5. The Kier molecular flexibility index (Phi) is 4.02. The van der Waals surface area contributed by atoms with Gasteiger partial charge in [-0.3, -0.25) is 4.79 Å². The van der Waals surface area contributed by atoms with Crippen molar-refractivity contribution in [3.63, 3.8) is 0 Å². The zero-order valence-electron chi connectivity index (χ0n) is 10.6. The summed E-state index contributed by atoms with van der Waals surface area (Å²) in [5.41, 5.74) is 5.77. The molecular weight excluding hydrogens is 226 g/mol. The zero-order valence-corrected chi connectivity index (χ0v) is 10.6. The highest BCUT2D eigenvalue weighted by Crippen LogP contribution is 2.37. The summed E-state index contributed by atoms with van der Waals surface area (Å²) < 4.78 is 0. The summed E-state index contributed by atoms with van der Waals surface area (Å²) >= 11 is 0. The van der Waals surface area contributed by atoms with Crippen LogP contribution in [0.4, 0.5) is 0 Å². The van der Waals surface area contributed by atoms with E-state index in [1.165, 1.54) is 12.8 Å². The number of carbonyl (C=O) groups is 1. The number of carboxylic acid groups (broad SMARTS) is 1. The van der Waals surface area contributed by atoms with Crippen LogP contribution >= 0.6 is 0 Å². The summed E-state index contributed by atoms with van der Waals surface area (Å²) in [7, 11) is 0. The van der Waals surface area contributed by atoms with Crippen molar-refractivity contribution in [1.29, 1.82) is 0 Å². The lowest BCUT2D eigenvalue weighted by Gasteiger charge is -2.31. The SMILES string of the molecule is NCC(CC1CCCC1)(C(=O)O)c1ccccc1. The molecule has 1 aromatic rings. The van der Waals surface area contributed by atoms with E-state index in [9.17, 15) is 9.90 Å². The van der Waals surface area contributed by atoms with Crippen molar-refractivity contribution in [2.75, 3.05) is 6.54 Å². The fraction of sp³-hybridized carbons (Fsp3) is 0.533. The molecule has 2 rings (SSSR count). The van der Waals surface area contributed by atoms with Gasteiger partial charge < -0.3 is 10.8 Å². The molecule has 3 N–H and O–H groups in total. The van der Waals surface area contributed by atoms with E-state index in [1.54, 1.807) is 0 Å². The fourth-order valence-corrected chi connectivity index (χ4v) is 3.08. The second-order valence-electron chi connectivity index (χ2n) is 5.31. The average molecular weight is 247 g/mol. The lowest BCUT2D eigenvalue weighted by molar-refractivity contribution is -0.144.